The van der Waals surface area contributed by atoms with Crippen LogP contribution < -0.4 is 10.6 Å². The van der Waals surface area contributed by atoms with Crippen LogP contribution in [0.4, 0.5) is 5.69 Å². The van der Waals surface area contributed by atoms with Crippen LogP contribution in [-0.4, -0.2) is 34.3 Å². The highest BCUT2D eigenvalue weighted by Gasteiger charge is 2.15. The molecule has 1 aromatic heterocycles. The van der Waals surface area contributed by atoms with E-state index in [4.69, 9.17) is 16.0 Å². The van der Waals surface area contributed by atoms with Crippen LogP contribution in [-0.2, 0) is 11.2 Å². The number of benzene rings is 3. The fourth-order valence-corrected chi connectivity index (χ4v) is 3.83. The van der Waals surface area contributed by atoms with Crippen molar-refractivity contribution in [2.45, 2.75) is 11.6 Å². The number of nitrogens with zero attached hydrogens (tertiary/aromatic N) is 2. The number of nitrogens with one attached hydrogen (secondary N) is 2. The van der Waals surface area contributed by atoms with Crippen LogP contribution in [0, 0.1) is 0 Å². The Labute approximate surface area is 205 Å². The van der Waals surface area contributed by atoms with E-state index >= 15 is 0 Å². The summed E-state index contributed by atoms with van der Waals surface area (Å²) in [5, 5.41) is 14.5. The highest BCUT2D eigenvalue weighted by atomic mass is 35.5. The summed E-state index contributed by atoms with van der Waals surface area (Å²) in [5.74, 6) is -0.145. The zero-order valence-corrected chi connectivity index (χ0v) is 19.6. The maximum Gasteiger partial charge on any atom is 0.277 e. The summed E-state index contributed by atoms with van der Waals surface area (Å²) in [7, 11) is 0. The molecule has 34 heavy (non-hydrogen) atoms. The van der Waals surface area contributed by atoms with E-state index in [0.29, 0.717) is 28.7 Å². The molecule has 2 N–H and O–H groups in total. The molecule has 4 aromatic rings. The molecule has 172 valence electrons. The third kappa shape index (κ3) is 6.46. The Morgan fingerprint density at radius 1 is 0.912 bits per heavy atom. The number of halogens is 1. The van der Waals surface area contributed by atoms with Crippen molar-refractivity contribution in [1.29, 1.82) is 0 Å². The number of thioether (sulfide) groups is 1. The molecule has 2 amide bonds. The first-order valence-corrected chi connectivity index (χ1v) is 11.9. The minimum atomic E-state index is -0.291. The molecule has 0 bridgehead atoms. The van der Waals surface area contributed by atoms with Crippen LogP contribution in [0.1, 0.15) is 15.9 Å². The van der Waals surface area contributed by atoms with Crippen molar-refractivity contribution in [3.05, 3.63) is 95.0 Å². The molecule has 3 aromatic carbocycles. The van der Waals surface area contributed by atoms with Crippen molar-refractivity contribution < 1.29 is 14.0 Å². The summed E-state index contributed by atoms with van der Waals surface area (Å²) in [4.78, 5) is 25.2. The molecular weight excluding hydrogens is 472 g/mol. The average molecular weight is 493 g/mol. The lowest BCUT2D eigenvalue weighted by Gasteiger charge is -2.11. The lowest BCUT2D eigenvalue weighted by atomic mass is 10.1. The molecule has 0 fully saturated rings. The molecule has 9 heteroatoms. The first-order chi connectivity index (χ1) is 16.6. The normalized spacial score (nSPS) is 10.6. The number of rotatable bonds is 9. The SMILES string of the molecule is O=C(CSc1nnc(-c2ccc(Cl)cc2)o1)Nc1ccccc1C(=O)NCCc1ccccc1. The number of hydrogen-bond donors (Lipinski definition) is 2. The van der Waals surface area contributed by atoms with Crippen LogP contribution >= 0.6 is 23.4 Å². The third-order valence-electron chi connectivity index (χ3n) is 4.81. The molecule has 0 atom stereocenters. The van der Waals surface area contributed by atoms with Crippen LogP contribution in [0.3, 0.4) is 0 Å². The van der Waals surface area contributed by atoms with Gasteiger partial charge in [-0.2, -0.15) is 0 Å². The third-order valence-corrected chi connectivity index (χ3v) is 5.88. The summed E-state index contributed by atoms with van der Waals surface area (Å²) in [6.07, 6.45) is 0.722. The molecule has 0 aliphatic rings. The smallest absolute Gasteiger partial charge is 0.277 e. The molecule has 0 radical (unpaired) electrons. The molecule has 1 heterocycles. The highest BCUT2D eigenvalue weighted by molar-refractivity contribution is 7.99. The van der Waals surface area contributed by atoms with E-state index in [1.165, 1.54) is 0 Å². The van der Waals surface area contributed by atoms with Crippen molar-refractivity contribution in [1.82, 2.24) is 15.5 Å². The fourth-order valence-electron chi connectivity index (χ4n) is 3.14. The molecule has 0 aliphatic heterocycles. The van der Waals surface area contributed by atoms with Crippen LogP contribution in [0.5, 0.6) is 0 Å². The lowest BCUT2D eigenvalue weighted by molar-refractivity contribution is -0.113. The molecular formula is C25H21ClN4O3S. The van der Waals surface area contributed by atoms with Crippen LogP contribution in [0.2, 0.25) is 5.02 Å². The highest BCUT2D eigenvalue weighted by Crippen LogP contribution is 2.24. The van der Waals surface area contributed by atoms with E-state index < -0.39 is 0 Å². The van der Waals surface area contributed by atoms with Crippen LogP contribution in [0.15, 0.2) is 88.5 Å². The van der Waals surface area contributed by atoms with Gasteiger partial charge in [-0.15, -0.1) is 10.2 Å². The van der Waals surface area contributed by atoms with Gasteiger partial charge in [-0.1, -0.05) is 65.8 Å². The second-order valence-electron chi connectivity index (χ2n) is 7.25. The van der Waals surface area contributed by atoms with Crippen molar-refractivity contribution >= 4 is 40.9 Å². The first-order valence-electron chi connectivity index (χ1n) is 10.5. The molecule has 0 spiro atoms. The summed E-state index contributed by atoms with van der Waals surface area (Å²) < 4.78 is 5.61. The zero-order valence-electron chi connectivity index (χ0n) is 18.0. The molecule has 0 saturated heterocycles. The van der Waals surface area contributed by atoms with Crippen molar-refractivity contribution in [2.24, 2.45) is 0 Å². The predicted molar refractivity (Wildman–Crippen MR) is 133 cm³/mol. The Morgan fingerprint density at radius 3 is 2.44 bits per heavy atom. The predicted octanol–water partition coefficient (Wildman–Crippen LogP) is 5.09. The van der Waals surface area contributed by atoms with Gasteiger partial charge in [-0.25, -0.2) is 0 Å². The zero-order chi connectivity index (χ0) is 23.8. The second-order valence-corrected chi connectivity index (χ2v) is 8.62. The van der Waals surface area contributed by atoms with Gasteiger partial charge in [0.2, 0.25) is 11.8 Å². The van der Waals surface area contributed by atoms with E-state index in [1.807, 2.05) is 30.3 Å². The number of amides is 2. The quantitative estimate of drug-likeness (QED) is 0.316. The topological polar surface area (TPSA) is 97.1 Å². The Balaban J connectivity index is 1.30. The average Bonchev–Trinajstić information content (AvgIpc) is 3.33. The summed E-state index contributed by atoms with van der Waals surface area (Å²) in [5.41, 5.74) is 2.72. The second kappa shape index (κ2) is 11.5. The van der Waals surface area contributed by atoms with Gasteiger partial charge in [0.25, 0.3) is 11.1 Å². The molecule has 0 aliphatic carbocycles. The Morgan fingerprint density at radius 2 is 1.65 bits per heavy atom. The molecule has 7 nitrogen and oxygen atoms in total. The first kappa shape index (κ1) is 23.5. The van der Waals surface area contributed by atoms with Gasteiger partial charge < -0.3 is 15.1 Å². The minimum absolute atomic E-state index is 0.0478. The maximum absolute atomic E-state index is 12.7. The van der Waals surface area contributed by atoms with Crippen molar-refractivity contribution in [3.63, 3.8) is 0 Å². The minimum Gasteiger partial charge on any atom is -0.411 e. The maximum atomic E-state index is 12.7. The van der Waals surface area contributed by atoms with E-state index in [2.05, 4.69) is 20.8 Å². The van der Waals surface area contributed by atoms with Gasteiger partial charge in [-0.3, -0.25) is 9.59 Å². The lowest BCUT2D eigenvalue weighted by Crippen LogP contribution is -2.27. The van der Waals surface area contributed by atoms with Gasteiger partial charge >= 0.3 is 0 Å². The molecule has 0 unspecified atom stereocenters. The van der Waals surface area contributed by atoms with Gasteiger partial charge in [0.15, 0.2) is 0 Å². The number of carbonyl (C=O) groups is 2. The van der Waals surface area contributed by atoms with E-state index in [1.54, 1.807) is 48.5 Å². The largest absolute Gasteiger partial charge is 0.411 e. The van der Waals surface area contributed by atoms with E-state index in [9.17, 15) is 9.59 Å². The molecule has 0 saturated carbocycles. The number of hydrogen-bond acceptors (Lipinski definition) is 6. The van der Waals surface area contributed by atoms with E-state index in [0.717, 1.165) is 29.3 Å². The Bertz CT molecular complexity index is 1260. The van der Waals surface area contributed by atoms with Gasteiger partial charge in [0, 0.05) is 17.1 Å². The summed E-state index contributed by atoms with van der Waals surface area (Å²) in [6, 6.07) is 23.8. The summed E-state index contributed by atoms with van der Waals surface area (Å²) >= 11 is 7.01. The van der Waals surface area contributed by atoms with Gasteiger partial charge in [0.1, 0.15) is 0 Å². The van der Waals surface area contributed by atoms with Gasteiger partial charge in [0.05, 0.1) is 17.0 Å². The van der Waals surface area contributed by atoms with Crippen molar-refractivity contribution in [2.75, 3.05) is 17.6 Å². The standard InChI is InChI=1S/C25H21ClN4O3S/c26-19-12-10-18(11-13-19)24-29-30-25(33-24)34-16-22(31)28-21-9-5-4-8-20(21)23(32)27-15-14-17-6-2-1-3-7-17/h1-13H,14-16H2,(H,27,32)(H,28,31). The Hall–Kier alpha value is -3.62. The summed E-state index contributed by atoms with van der Waals surface area (Å²) in [6.45, 7) is 0.494. The van der Waals surface area contributed by atoms with Gasteiger partial charge in [-0.05, 0) is 48.4 Å². The van der Waals surface area contributed by atoms with Crippen LogP contribution in [0.25, 0.3) is 11.5 Å². The van der Waals surface area contributed by atoms with E-state index in [-0.39, 0.29) is 22.8 Å². The number of anilines is 1. The fraction of sp³-hybridized carbons (Fsp3) is 0.120. The number of para-hydroxylation sites is 1. The Kier molecular flexibility index (Phi) is 7.95. The van der Waals surface area contributed by atoms with Crippen molar-refractivity contribution in [3.8, 4) is 11.5 Å². The number of aromatic nitrogens is 2. The monoisotopic (exact) mass is 492 g/mol. The molecule has 4 rings (SSSR count). The number of carbonyl (C=O) groups excluding carboxylic acids is 2.